The third-order valence-electron chi connectivity index (χ3n) is 4.18. The van der Waals surface area contributed by atoms with E-state index in [2.05, 4.69) is 0 Å². The smallest absolute Gasteiger partial charge is 0.271 e. The van der Waals surface area contributed by atoms with Gasteiger partial charge in [0.15, 0.2) is 0 Å². The van der Waals surface area contributed by atoms with Crippen molar-refractivity contribution >= 4 is 17.3 Å². The fourth-order valence-electron chi connectivity index (χ4n) is 2.90. The van der Waals surface area contributed by atoms with Gasteiger partial charge in [-0.2, -0.15) is 0 Å². The second-order valence-corrected chi connectivity index (χ2v) is 5.91. The molecule has 124 valence electrons. The van der Waals surface area contributed by atoms with Crippen LogP contribution in [0.15, 0.2) is 42.5 Å². The van der Waals surface area contributed by atoms with Gasteiger partial charge in [0.1, 0.15) is 0 Å². The molecule has 0 aliphatic carbocycles. The second-order valence-electron chi connectivity index (χ2n) is 5.91. The number of nitro benzene ring substituents is 1. The molecule has 1 aliphatic rings. The first kappa shape index (κ1) is 15.9. The van der Waals surface area contributed by atoms with Crippen LogP contribution in [0.25, 0.3) is 11.1 Å². The Balaban J connectivity index is 1.91. The number of non-ortho nitro benzene ring substituents is 1. The number of amides is 1. The lowest BCUT2D eigenvalue weighted by atomic mass is 10.0. The summed E-state index contributed by atoms with van der Waals surface area (Å²) in [5.74, 6) is -0.0646. The molecule has 1 heterocycles. The van der Waals surface area contributed by atoms with E-state index in [9.17, 15) is 14.9 Å². The molecule has 7 heteroatoms. The lowest BCUT2D eigenvalue weighted by Gasteiger charge is -2.16. The third-order valence-corrected chi connectivity index (χ3v) is 4.18. The molecule has 0 spiro atoms. The lowest BCUT2D eigenvalue weighted by molar-refractivity contribution is -0.384. The molecule has 2 aromatic rings. The Labute approximate surface area is 139 Å². The van der Waals surface area contributed by atoms with Crippen molar-refractivity contribution in [2.24, 2.45) is 5.73 Å². The second kappa shape index (κ2) is 6.29. The standard InChI is InChI=1S/C17H18N4O3/c18-13-6-7-20(10-13)17(22)12-3-1-2-11(8-12)15-5-4-14(21(23)24)9-16(15)19/h1-5,8-9,13H,6-7,10,18-19H2. The van der Waals surface area contributed by atoms with Crippen LogP contribution in [0, 0.1) is 10.1 Å². The number of anilines is 1. The Morgan fingerprint density at radius 2 is 2.04 bits per heavy atom. The fraction of sp³-hybridized carbons (Fsp3) is 0.235. The van der Waals surface area contributed by atoms with E-state index in [1.807, 2.05) is 6.07 Å². The highest BCUT2D eigenvalue weighted by atomic mass is 16.6. The van der Waals surface area contributed by atoms with Gasteiger partial charge in [-0.3, -0.25) is 14.9 Å². The maximum atomic E-state index is 12.6. The van der Waals surface area contributed by atoms with E-state index in [-0.39, 0.29) is 17.6 Å². The van der Waals surface area contributed by atoms with Gasteiger partial charge in [0.05, 0.1) is 4.92 Å². The van der Waals surface area contributed by atoms with Gasteiger partial charge in [-0.25, -0.2) is 0 Å². The van der Waals surface area contributed by atoms with Crippen LogP contribution in [0.4, 0.5) is 11.4 Å². The van der Waals surface area contributed by atoms with Crippen LogP contribution in [-0.4, -0.2) is 34.9 Å². The molecule has 1 saturated heterocycles. The Bertz CT molecular complexity index is 806. The zero-order chi connectivity index (χ0) is 17.3. The first-order valence-corrected chi connectivity index (χ1v) is 7.65. The van der Waals surface area contributed by atoms with Gasteiger partial charge >= 0.3 is 0 Å². The number of nitrogen functional groups attached to an aromatic ring is 1. The Kier molecular flexibility index (Phi) is 4.18. The first-order valence-electron chi connectivity index (χ1n) is 7.65. The molecule has 4 N–H and O–H groups in total. The molecule has 1 unspecified atom stereocenters. The van der Waals surface area contributed by atoms with Gasteiger partial charge in [0.25, 0.3) is 11.6 Å². The average molecular weight is 326 g/mol. The molecule has 0 radical (unpaired) electrons. The molecular formula is C17H18N4O3. The number of carbonyl (C=O) groups excluding carboxylic acids is 1. The highest BCUT2D eigenvalue weighted by molar-refractivity contribution is 5.96. The van der Waals surface area contributed by atoms with Crippen molar-refractivity contribution in [3.05, 3.63) is 58.1 Å². The molecule has 0 aromatic heterocycles. The summed E-state index contributed by atoms with van der Waals surface area (Å²) >= 11 is 0. The van der Waals surface area contributed by atoms with Crippen molar-refractivity contribution in [1.29, 1.82) is 0 Å². The Morgan fingerprint density at radius 3 is 2.67 bits per heavy atom. The van der Waals surface area contributed by atoms with Crippen LogP contribution < -0.4 is 11.5 Å². The minimum atomic E-state index is -0.489. The van der Waals surface area contributed by atoms with Crippen molar-refractivity contribution in [3.63, 3.8) is 0 Å². The highest BCUT2D eigenvalue weighted by Gasteiger charge is 2.24. The minimum Gasteiger partial charge on any atom is -0.398 e. The monoisotopic (exact) mass is 326 g/mol. The molecule has 2 aromatic carbocycles. The van der Waals surface area contributed by atoms with E-state index in [1.54, 1.807) is 29.2 Å². The predicted octanol–water partition coefficient (Wildman–Crippen LogP) is 2.02. The summed E-state index contributed by atoms with van der Waals surface area (Å²) in [4.78, 5) is 24.6. The fourth-order valence-corrected chi connectivity index (χ4v) is 2.90. The Hall–Kier alpha value is -2.93. The number of nitrogens with two attached hydrogens (primary N) is 2. The maximum absolute atomic E-state index is 12.6. The van der Waals surface area contributed by atoms with Gasteiger partial charge in [0, 0.05) is 48.1 Å². The largest absolute Gasteiger partial charge is 0.398 e. The van der Waals surface area contributed by atoms with E-state index < -0.39 is 4.92 Å². The van der Waals surface area contributed by atoms with E-state index in [4.69, 9.17) is 11.5 Å². The number of carbonyl (C=O) groups is 1. The van der Waals surface area contributed by atoms with Crippen LogP contribution in [0.5, 0.6) is 0 Å². The van der Waals surface area contributed by atoms with Crippen LogP contribution in [0.1, 0.15) is 16.8 Å². The number of benzene rings is 2. The minimum absolute atomic E-state index is 0.0300. The number of nitro groups is 1. The van der Waals surface area contributed by atoms with Crippen LogP contribution in [-0.2, 0) is 0 Å². The summed E-state index contributed by atoms with van der Waals surface area (Å²) < 4.78 is 0. The van der Waals surface area contributed by atoms with Crippen LogP contribution >= 0.6 is 0 Å². The number of likely N-dealkylation sites (tertiary alicyclic amines) is 1. The van der Waals surface area contributed by atoms with Crippen molar-refractivity contribution < 1.29 is 9.72 Å². The van der Waals surface area contributed by atoms with E-state index >= 15 is 0 Å². The lowest BCUT2D eigenvalue weighted by Crippen LogP contribution is -2.31. The van der Waals surface area contributed by atoms with Gasteiger partial charge in [-0.05, 0) is 30.2 Å². The molecule has 24 heavy (non-hydrogen) atoms. The summed E-state index contributed by atoms with van der Waals surface area (Å²) in [6.07, 6.45) is 0.806. The molecule has 1 amide bonds. The summed E-state index contributed by atoms with van der Waals surface area (Å²) in [5.41, 5.74) is 14.0. The number of hydrogen-bond acceptors (Lipinski definition) is 5. The number of hydrogen-bond donors (Lipinski definition) is 2. The van der Waals surface area contributed by atoms with Gasteiger partial charge in [0.2, 0.25) is 0 Å². The quantitative estimate of drug-likeness (QED) is 0.508. The van der Waals surface area contributed by atoms with E-state index in [0.717, 1.165) is 12.0 Å². The van der Waals surface area contributed by atoms with Crippen molar-refractivity contribution in [2.75, 3.05) is 18.8 Å². The number of rotatable bonds is 3. The zero-order valence-electron chi connectivity index (χ0n) is 13.0. The summed E-state index contributed by atoms with van der Waals surface area (Å²) in [7, 11) is 0. The van der Waals surface area contributed by atoms with Crippen molar-refractivity contribution in [2.45, 2.75) is 12.5 Å². The van der Waals surface area contributed by atoms with Crippen molar-refractivity contribution in [1.82, 2.24) is 4.90 Å². The molecule has 1 atom stereocenters. The third kappa shape index (κ3) is 3.07. The summed E-state index contributed by atoms with van der Waals surface area (Å²) in [6.45, 7) is 1.21. The summed E-state index contributed by atoms with van der Waals surface area (Å²) in [5, 5.41) is 10.8. The predicted molar refractivity (Wildman–Crippen MR) is 91.4 cm³/mol. The molecule has 7 nitrogen and oxygen atoms in total. The topological polar surface area (TPSA) is 115 Å². The van der Waals surface area contributed by atoms with E-state index in [0.29, 0.717) is 29.9 Å². The highest BCUT2D eigenvalue weighted by Crippen LogP contribution is 2.30. The first-order chi connectivity index (χ1) is 11.5. The van der Waals surface area contributed by atoms with Gasteiger partial charge < -0.3 is 16.4 Å². The van der Waals surface area contributed by atoms with Crippen LogP contribution in [0.2, 0.25) is 0 Å². The molecule has 1 aliphatic heterocycles. The van der Waals surface area contributed by atoms with Gasteiger partial charge in [-0.15, -0.1) is 0 Å². The zero-order valence-corrected chi connectivity index (χ0v) is 13.0. The summed E-state index contributed by atoms with van der Waals surface area (Å²) in [6, 6.07) is 11.5. The number of nitrogens with zero attached hydrogens (tertiary/aromatic N) is 2. The van der Waals surface area contributed by atoms with Crippen LogP contribution in [0.3, 0.4) is 0 Å². The van der Waals surface area contributed by atoms with Gasteiger partial charge in [-0.1, -0.05) is 12.1 Å². The molecule has 3 rings (SSSR count). The molecule has 0 bridgehead atoms. The van der Waals surface area contributed by atoms with E-state index in [1.165, 1.54) is 12.1 Å². The SMILES string of the molecule is Nc1cc([N+](=O)[O-])ccc1-c1cccc(C(=O)N2CCC(N)C2)c1. The average Bonchev–Trinajstić information content (AvgIpc) is 3.00. The Morgan fingerprint density at radius 1 is 1.25 bits per heavy atom. The molecular weight excluding hydrogens is 308 g/mol. The van der Waals surface area contributed by atoms with Crippen molar-refractivity contribution in [3.8, 4) is 11.1 Å². The molecule has 0 saturated carbocycles. The maximum Gasteiger partial charge on any atom is 0.271 e. The molecule has 1 fully saturated rings. The normalized spacial score (nSPS) is 17.0.